The van der Waals surface area contributed by atoms with Crippen molar-refractivity contribution in [1.82, 2.24) is 4.90 Å². The second kappa shape index (κ2) is 14.9. The quantitative estimate of drug-likeness (QED) is 0.574. The van der Waals surface area contributed by atoms with E-state index in [2.05, 4.69) is 23.7 Å². The predicted octanol–water partition coefficient (Wildman–Crippen LogP) is 2.15. The first-order valence-corrected chi connectivity index (χ1v) is 6.96. The molecule has 0 spiro atoms. The van der Waals surface area contributed by atoms with Crippen LogP contribution in [0.15, 0.2) is 29.3 Å². The molecule has 0 unspecified atom stereocenters. The molecular weight excluding hydrogens is 325 g/mol. The lowest BCUT2D eigenvalue weighted by Crippen LogP contribution is -2.26. The first kappa shape index (κ1) is 25.9. The maximum absolute atomic E-state index is 5.98. The van der Waals surface area contributed by atoms with Gasteiger partial charge in [-0.15, -0.1) is 24.8 Å². The second-order valence-corrected chi connectivity index (χ2v) is 4.25. The van der Waals surface area contributed by atoms with Gasteiger partial charge in [0.1, 0.15) is 11.6 Å². The molecule has 0 radical (unpaired) electrons. The van der Waals surface area contributed by atoms with Crippen LogP contribution in [0.2, 0.25) is 0 Å². The van der Waals surface area contributed by atoms with E-state index in [0.717, 1.165) is 37.5 Å². The van der Waals surface area contributed by atoms with Crippen LogP contribution in [0.25, 0.3) is 0 Å². The molecule has 0 saturated heterocycles. The number of hydrogen-bond acceptors (Lipinski definition) is 3. The number of benzene rings is 1. The smallest absolute Gasteiger partial charge is 0.125 e. The first-order valence-electron chi connectivity index (χ1n) is 6.96. The highest BCUT2D eigenvalue weighted by atomic mass is 35.5. The summed E-state index contributed by atoms with van der Waals surface area (Å²) in [6, 6.07) is 7.74. The van der Waals surface area contributed by atoms with Gasteiger partial charge in [0.2, 0.25) is 0 Å². The Labute approximate surface area is 146 Å². The zero-order valence-corrected chi connectivity index (χ0v) is 15.2. The van der Waals surface area contributed by atoms with Gasteiger partial charge in [0.05, 0.1) is 13.2 Å². The van der Waals surface area contributed by atoms with Gasteiger partial charge in [-0.2, -0.15) is 0 Å². The van der Waals surface area contributed by atoms with Crippen LogP contribution >= 0.6 is 24.8 Å². The summed E-state index contributed by atoms with van der Waals surface area (Å²) in [6.07, 6.45) is 0. The van der Waals surface area contributed by atoms with Crippen LogP contribution in [-0.4, -0.2) is 49.0 Å². The van der Waals surface area contributed by atoms with Crippen molar-refractivity contribution in [2.45, 2.75) is 20.8 Å². The summed E-state index contributed by atoms with van der Waals surface area (Å²) in [5.74, 6) is 1.46. The van der Waals surface area contributed by atoms with E-state index in [1.165, 1.54) is 0 Å². The van der Waals surface area contributed by atoms with Crippen LogP contribution in [-0.2, 0) is 0 Å². The molecule has 0 amide bonds. The van der Waals surface area contributed by atoms with Crippen molar-refractivity contribution in [3.8, 4) is 5.75 Å². The van der Waals surface area contributed by atoms with Gasteiger partial charge in [0.25, 0.3) is 0 Å². The summed E-state index contributed by atoms with van der Waals surface area (Å²) in [5, 5.41) is 0. The van der Waals surface area contributed by atoms with Gasteiger partial charge in [-0.05, 0) is 44.3 Å². The summed E-state index contributed by atoms with van der Waals surface area (Å²) < 4.78 is 5.39. The molecule has 0 saturated carbocycles. The Bertz CT molecular complexity index is 396. The van der Waals surface area contributed by atoms with Gasteiger partial charge in [-0.3, -0.25) is 4.99 Å². The Morgan fingerprint density at radius 3 is 2.09 bits per heavy atom. The average molecular weight is 354 g/mol. The number of ether oxygens (including phenoxy) is 1. The summed E-state index contributed by atoms with van der Waals surface area (Å²) in [7, 11) is 0. The van der Waals surface area contributed by atoms with Gasteiger partial charge >= 0.3 is 0 Å². The molecule has 22 heavy (non-hydrogen) atoms. The Kier molecular flexibility index (Phi) is 17.6. The molecule has 0 bridgehead atoms. The number of aliphatic imine (C=N–C) groups is 1. The summed E-state index contributed by atoms with van der Waals surface area (Å²) >= 11 is 0. The van der Waals surface area contributed by atoms with Crippen LogP contribution < -0.4 is 10.5 Å². The number of halogens is 2. The molecule has 0 aromatic heterocycles. The minimum absolute atomic E-state index is 0. The third-order valence-corrected chi connectivity index (χ3v) is 3.05. The van der Waals surface area contributed by atoms with Crippen molar-refractivity contribution < 1.29 is 10.2 Å². The van der Waals surface area contributed by atoms with E-state index in [-0.39, 0.29) is 30.3 Å². The number of amidine groups is 1. The minimum atomic E-state index is 0. The fourth-order valence-electron chi connectivity index (χ4n) is 1.83. The monoisotopic (exact) mass is 353 g/mol. The van der Waals surface area contributed by atoms with Crippen LogP contribution in [0.4, 0.5) is 0 Å². The van der Waals surface area contributed by atoms with E-state index in [9.17, 15) is 0 Å². The molecule has 1 aromatic rings. The Balaban J connectivity index is -0.00000120. The largest absolute Gasteiger partial charge is 0.494 e. The van der Waals surface area contributed by atoms with E-state index in [1.54, 1.807) is 0 Å². The second-order valence-electron chi connectivity index (χ2n) is 4.25. The Morgan fingerprint density at radius 2 is 1.64 bits per heavy atom. The van der Waals surface area contributed by atoms with Crippen molar-refractivity contribution in [2.75, 3.05) is 32.8 Å². The molecule has 0 aliphatic rings. The molecule has 0 atom stereocenters. The Morgan fingerprint density at radius 1 is 1.09 bits per heavy atom. The highest BCUT2D eigenvalue weighted by Crippen LogP contribution is 2.11. The average Bonchev–Trinajstić information content (AvgIpc) is 2.44. The fraction of sp³-hybridized carbons (Fsp3) is 0.533. The molecule has 130 valence electrons. The third kappa shape index (κ3) is 9.10. The standard InChI is InChI=1S/C15H25N3O.2ClH.H2O/c1-4-18(5-2)12-11-17-15(16)13-7-9-14(10-8-13)19-6-3;;;/h7-10H,4-6,11-12H2,1-3H3,(H2,16,17);2*1H;1H2. The van der Waals surface area contributed by atoms with E-state index >= 15 is 0 Å². The van der Waals surface area contributed by atoms with Crippen LogP contribution in [0.5, 0.6) is 5.75 Å². The van der Waals surface area contributed by atoms with Gasteiger partial charge in [-0.1, -0.05) is 13.8 Å². The summed E-state index contributed by atoms with van der Waals surface area (Å²) in [6.45, 7) is 10.7. The maximum atomic E-state index is 5.98. The van der Waals surface area contributed by atoms with Gasteiger partial charge < -0.3 is 20.8 Å². The normalized spacial score (nSPS) is 10.3. The molecule has 1 aromatic carbocycles. The molecule has 0 aliphatic carbocycles. The molecule has 5 nitrogen and oxygen atoms in total. The summed E-state index contributed by atoms with van der Waals surface area (Å²) in [5.41, 5.74) is 6.93. The van der Waals surface area contributed by atoms with Gasteiger partial charge in [-0.25, -0.2) is 0 Å². The number of hydrogen-bond donors (Lipinski definition) is 1. The van der Waals surface area contributed by atoms with Gasteiger partial charge in [0.15, 0.2) is 0 Å². The molecule has 7 heteroatoms. The number of rotatable bonds is 8. The lowest BCUT2D eigenvalue weighted by molar-refractivity contribution is 0.313. The molecular formula is C15H29Cl2N3O2. The van der Waals surface area contributed by atoms with E-state index < -0.39 is 0 Å². The van der Waals surface area contributed by atoms with Crippen molar-refractivity contribution >= 4 is 30.6 Å². The van der Waals surface area contributed by atoms with Crippen molar-refractivity contribution in [3.63, 3.8) is 0 Å². The van der Waals surface area contributed by atoms with E-state index in [4.69, 9.17) is 10.5 Å². The lowest BCUT2D eigenvalue weighted by atomic mass is 10.2. The third-order valence-electron chi connectivity index (χ3n) is 3.05. The van der Waals surface area contributed by atoms with E-state index in [1.807, 2.05) is 31.2 Å². The van der Waals surface area contributed by atoms with Crippen LogP contribution in [0.3, 0.4) is 0 Å². The highest BCUT2D eigenvalue weighted by molar-refractivity contribution is 5.97. The van der Waals surface area contributed by atoms with Gasteiger partial charge in [0, 0.05) is 12.1 Å². The molecule has 0 aliphatic heterocycles. The lowest BCUT2D eigenvalue weighted by Gasteiger charge is -2.16. The minimum Gasteiger partial charge on any atom is -0.494 e. The zero-order chi connectivity index (χ0) is 14.1. The first-order chi connectivity index (χ1) is 9.21. The topological polar surface area (TPSA) is 82.3 Å². The van der Waals surface area contributed by atoms with Crippen LogP contribution in [0, 0.1) is 0 Å². The zero-order valence-electron chi connectivity index (χ0n) is 13.5. The molecule has 0 fully saturated rings. The fourth-order valence-corrected chi connectivity index (χ4v) is 1.83. The Hall–Kier alpha value is -1.01. The van der Waals surface area contributed by atoms with Crippen LogP contribution in [0.1, 0.15) is 26.3 Å². The SMILES string of the molecule is CCOc1ccc(C(N)=NCCN(CC)CC)cc1.Cl.Cl.O. The number of nitrogens with zero attached hydrogens (tertiary/aromatic N) is 2. The van der Waals surface area contributed by atoms with Crippen molar-refractivity contribution in [2.24, 2.45) is 10.7 Å². The highest BCUT2D eigenvalue weighted by Gasteiger charge is 2.00. The predicted molar refractivity (Wildman–Crippen MR) is 99.1 cm³/mol. The molecule has 0 heterocycles. The maximum Gasteiger partial charge on any atom is 0.125 e. The molecule has 1 rings (SSSR count). The number of nitrogens with two attached hydrogens (primary N) is 1. The molecule has 4 N–H and O–H groups in total. The van der Waals surface area contributed by atoms with E-state index in [0.29, 0.717) is 12.4 Å². The number of likely N-dealkylation sites (N-methyl/N-ethyl adjacent to an activating group) is 1. The van der Waals surface area contributed by atoms with Crippen molar-refractivity contribution in [1.29, 1.82) is 0 Å². The summed E-state index contributed by atoms with van der Waals surface area (Å²) in [4.78, 5) is 6.75. The van der Waals surface area contributed by atoms with Crippen molar-refractivity contribution in [3.05, 3.63) is 29.8 Å².